The molecule has 4 heteroatoms. The number of piperazine rings is 1. The third-order valence-electron chi connectivity index (χ3n) is 2.65. The van der Waals surface area contributed by atoms with E-state index in [0.717, 1.165) is 6.54 Å². The number of nitriles is 1. The molecule has 1 heterocycles. The van der Waals surface area contributed by atoms with E-state index < -0.39 is 0 Å². The predicted molar refractivity (Wildman–Crippen MR) is 58.1 cm³/mol. The number of rotatable bonds is 1. The fraction of sp³-hybridized carbons (Fsp3) is 0.818. The summed E-state index contributed by atoms with van der Waals surface area (Å²) >= 11 is 0. The molecule has 0 aromatic heterocycles. The first-order valence-corrected chi connectivity index (χ1v) is 5.31. The van der Waals surface area contributed by atoms with Crippen molar-refractivity contribution >= 4 is 5.91 Å². The first-order valence-electron chi connectivity index (χ1n) is 5.31. The molecule has 1 N–H and O–H groups in total. The van der Waals surface area contributed by atoms with Crippen molar-refractivity contribution < 1.29 is 4.79 Å². The first-order chi connectivity index (χ1) is 6.88. The summed E-state index contributed by atoms with van der Waals surface area (Å²) in [4.78, 5) is 14.0. The van der Waals surface area contributed by atoms with Crippen LogP contribution >= 0.6 is 0 Å². The molecule has 2 unspecified atom stereocenters. The summed E-state index contributed by atoms with van der Waals surface area (Å²) in [5, 5.41) is 11.7. The number of nitrogens with zero attached hydrogens (tertiary/aromatic N) is 2. The van der Waals surface area contributed by atoms with Gasteiger partial charge in [0.25, 0.3) is 0 Å². The van der Waals surface area contributed by atoms with Crippen LogP contribution in [0.3, 0.4) is 0 Å². The molecule has 0 aromatic rings. The highest BCUT2D eigenvalue weighted by atomic mass is 16.2. The Balaban J connectivity index is 2.85. The maximum Gasteiger partial charge on any atom is 0.241 e. The molecule has 15 heavy (non-hydrogen) atoms. The number of amides is 1. The van der Waals surface area contributed by atoms with Gasteiger partial charge < -0.3 is 10.2 Å². The molecule has 0 aromatic carbocycles. The van der Waals surface area contributed by atoms with Crippen LogP contribution in [0, 0.1) is 11.3 Å². The van der Waals surface area contributed by atoms with E-state index in [1.54, 1.807) is 0 Å². The van der Waals surface area contributed by atoms with Gasteiger partial charge in [0.2, 0.25) is 5.91 Å². The molecular weight excluding hydrogens is 190 g/mol. The quantitative estimate of drug-likeness (QED) is 0.697. The maximum atomic E-state index is 12.1. The molecule has 1 aliphatic rings. The van der Waals surface area contributed by atoms with Gasteiger partial charge in [0.1, 0.15) is 6.04 Å². The lowest BCUT2D eigenvalue weighted by Gasteiger charge is -2.45. The van der Waals surface area contributed by atoms with E-state index in [4.69, 9.17) is 5.26 Å². The molecule has 84 valence electrons. The van der Waals surface area contributed by atoms with Gasteiger partial charge in [-0.2, -0.15) is 5.26 Å². The molecular formula is C11H19N3O. The highest BCUT2D eigenvalue weighted by Crippen LogP contribution is 2.21. The lowest BCUT2D eigenvalue weighted by molar-refractivity contribution is -0.144. The number of hydrogen-bond acceptors (Lipinski definition) is 3. The molecule has 4 nitrogen and oxygen atoms in total. The number of nitrogens with one attached hydrogen (secondary N) is 1. The van der Waals surface area contributed by atoms with Gasteiger partial charge in [0.15, 0.2) is 0 Å². The van der Waals surface area contributed by atoms with Crippen LogP contribution in [0.25, 0.3) is 0 Å². The van der Waals surface area contributed by atoms with Crippen LogP contribution in [0.5, 0.6) is 0 Å². The van der Waals surface area contributed by atoms with Crippen LogP contribution in [0.1, 0.15) is 34.1 Å². The lowest BCUT2D eigenvalue weighted by atomic mass is 9.97. The summed E-state index contributed by atoms with van der Waals surface area (Å²) in [6, 6.07) is 1.90. The summed E-state index contributed by atoms with van der Waals surface area (Å²) in [6.07, 6.45) is 0.248. The summed E-state index contributed by atoms with van der Waals surface area (Å²) in [5.41, 5.74) is -0.174. The number of carbonyl (C=O) groups is 1. The van der Waals surface area contributed by atoms with Crippen molar-refractivity contribution in [1.82, 2.24) is 10.2 Å². The van der Waals surface area contributed by atoms with Crippen molar-refractivity contribution in [2.45, 2.75) is 51.7 Å². The van der Waals surface area contributed by atoms with Gasteiger partial charge in [-0.25, -0.2) is 0 Å². The topological polar surface area (TPSA) is 56.1 Å². The second-order valence-electron chi connectivity index (χ2n) is 5.05. The highest BCUT2D eigenvalue weighted by Gasteiger charge is 2.38. The molecule has 1 rings (SSSR count). The molecule has 1 aliphatic heterocycles. The number of carbonyl (C=O) groups excluding carboxylic acids is 1. The second-order valence-corrected chi connectivity index (χ2v) is 5.05. The van der Waals surface area contributed by atoms with Crippen molar-refractivity contribution in [3.05, 3.63) is 0 Å². The fourth-order valence-corrected chi connectivity index (χ4v) is 2.12. The van der Waals surface area contributed by atoms with Crippen LogP contribution in [0.2, 0.25) is 0 Å². The summed E-state index contributed by atoms with van der Waals surface area (Å²) in [6.45, 7) is 8.86. The van der Waals surface area contributed by atoms with E-state index in [1.165, 1.54) is 0 Å². The van der Waals surface area contributed by atoms with Gasteiger partial charge in [-0.1, -0.05) is 0 Å². The third kappa shape index (κ3) is 2.48. The average Bonchev–Trinajstić information content (AvgIpc) is 2.08. The van der Waals surface area contributed by atoms with Crippen LogP contribution in [0.4, 0.5) is 0 Å². The molecule has 1 fully saturated rings. The summed E-state index contributed by atoms with van der Waals surface area (Å²) in [5.74, 6) is 0.0443. The zero-order valence-electron chi connectivity index (χ0n) is 9.87. The van der Waals surface area contributed by atoms with Gasteiger partial charge in [-0.15, -0.1) is 0 Å². The molecule has 0 bridgehead atoms. The third-order valence-corrected chi connectivity index (χ3v) is 2.65. The first kappa shape index (κ1) is 12.0. The van der Waals surface area contributed by atoms with Gasteiger partial charge in [0, 0.05) is 18.1 Å². The van der Waals surface area contributed by atoms with Crippen molar-refractivity contribution in [2.75, 3.05) is 6.54 Å². The minimum atomic E-state index is -0.328. The van der Waals surface area contributed by atoms with E-state index in [0.29, 0.717) is 0 Å². The molecule has 0 saturated carbocycles. The van der Waals surface area contributed by atoms with Crippen molar-refractivity contribution in [2.24, 2.45) is 0 Å². The van der Waals surface area contributed by atoms with Crippen molar-refractivity contribution in [1.29, 1.82) is 5.26 Å². The van der Waals surface area contributed by atoms with Crippen LogP contribution in [0.15, 0.2) is 0 Å². The Bertz CT molecular complexity index is 287. The van der Waals surface area contributed by atoms with Crippen LogP contribution in [-0.2, 0) is 4.79 Å². The average molecular weight is 209 g/mol. The van der Waals surface area contributed by atoms with E-state index >= 15 is 0 Å². The van der Waals surface area contributed by atoms with Gasteiger partial charge >= 0.3 is 0 Å². The standard InChI is InChI=1S/C11H19N3O/c1-8-7-13-9(5-6-12)10(15)14(8)11(2,3)4/h8-9,13H,5,7H2,1-4H3. The Morgan fingerprint density at radius 1 is 1.60 bits per heavy atom. The van der Waals surface area contributed by atoms with E-state index in [-0.39, 0.29) is 30.0 Å². The molecule has 1 amide bonds. The lowest BCUT2D eigenvalue weighted by Crippen LogP contribution is -2.64. The monoisotopic (exact) mass is 209 g/mol. The SMILES string of the molecule is CC1CNC(CC#N)C(=O)N1C(C)(C)C. The maximum absolute atomic E-state index is 12.1. The molecule has 1 saturated heterocycles. The van der Waals surface area contributed by atoms with Crippen molar-refractivity contribution in [3.8, 4) is 6.07 Å². The van der Waals surface area contributed by atoms with Gasteiger partial charge in [-0.05, 0) is 27.7 Å². The minimum absolute atomic E-state index is 0.0443. The molecule has 0 aliphatic carbocycles. The van der Waals surface area contributed by atoms with E-state index in [9.17, 15) is 4.79 Å². The molecule has 0 spiro atoms. The summed E-state index contributed by atoms with van der Waals surface area (Å²) in [7, 11) is 0. The second kappa shape index (κ2) is 4.19. The highest BCUT2D eigenvalue weighted by molar-refractivity contribution is 5.84. The fourth-order valence-electron chi connectivity index (χ4n) is 2.12. The number of hydrogen-bond donors (Lipinski definition) is 1. The normalized spacial score (nSPS) is 27.7. The Labute approximate surface area is 91.2 Å². The molecule has 2 atom stereocenters. The predicted octanol–water partition coefficient (Wildman–Crippen LogP) is 0.887. The van der Waals surface area contributed by atoms with Gasteiger partial charge in [-0.3, -0.25) is 4.79 Å². The Morgan fingerprint density at radius 2 is 2.20 bits per heavy atom. The minimum Gasteiger partial charge on any atom is -0.332 e. The largest absolute Gasteiger partial charge is 0.332 e. The Hall–Kier alpha value is -1.08. The molecule has 0 radical (unpaired) electrons. The van der Waals surface area contributed by atoms with E-state index in [2.05, 4.69) is 5.32 Å². The summed E-state index contributed by atoms with van der Waals surface area (Å²) < 4.78 is 0. The smallest absolute Gasteiger partial charge is 0.241 e. The van der Waals surface area contributed by atoms with Crippen LogP contribution in [-0.4, -0.2) is 35.0 Å². The van der Waals surface area contributed by atoms with Gasteiger partial charge in [0.05, 0.1) is 12.5 Å². The van der Waals surface area contributed by atoms with Crippen molar-refractivity contribution in [3.63, 3.8) is 0 Å². The zero-order valence-corrected chi connectivity index (χ0v) is 9.87. The Kier molecular flexibility index (Phi) is 3.35. The Morgan fingerprint density at radius 3 is 2.67 bits per heavy atom. The van der Waals surface area contributed by atoms with E-state index in [1.807, 2.05) is 38.7 Å². The zero-order chi connectivity index (χ0) is 11.6. The van der Waals surface area contributed by atoms with Crippen LogP contribution < -0.4 is 5.32 Å².